The third-order valence-electron chi connectivity index (χ3n) is 2.94. The molecule has 7 heteroatoms. The van der Waals surface area contributed by atoms with Gasteiger partial charge in [0.2, 0.25) is 0 Å². The number of hydrogen-bond donors (Lipinski definition) is 1. The molecule has 0 atom stereocenters. The maximum atomic E-state index is 11.7. The van der Waals surface area contributed by atoms with E-state index < -0.39 is 5.97 Å². The van der Waals surface area contributed by atoms with Gasteiger partial charge in [0.1, 0.15) is 12.1 Å². The number of benzene rings is 1. The van der Waals surface area contributed by atoms with Crippen molar-refractivity contribution in [3.8, 4) is 5.82 Å². The van der Waals surface area contributed by atoms with Crippen LogP contribution >= 0.6 is 0 Å². The Morgan fingerprint density at radius 3 is 2.95 bits per heavy atom. The fraction of sp³-hybridized carbons (Fsp3) is 0.143. The summed E-state index contributed by atoms with van der Waals surface area (Å²) >= 11 is 0. The molecular weight excluding hydrogens is 270 g/mol. The summed E-state index contributed by atoms with van der Waals surface area (Å²) in [6, 6.07) is 8.97. The third-order valence-corrected chi connectivity index (χ3v) is 2.94. The normalized spacial score (nSPS) is 10.7. The minimum Gasteiger partial charge on any atom is -0.461 e. The van der Waals surface area contributed by atoms with Crippen LogP contribution in [-0.4, -0.2) is 32.3 Å². The van der Waals surface area contributed by atoms with E-state index in [1.807, 2.05) is 24.3 Å². The summed E-state index contributed by atoms with van der Waals surface area (Å²) in [5.41, 5.74) is 6.85. The zero-order chi connectivity index (χ0) is 14.8. The summed E-state index contributed by atoms with van der Waals surface area (Å²) in [6.45, 7) is 2.01. The lowest BCUT2D eigenvalue weighted by Gasteiger charge is -2.06. The van der Waals surface area contributed by atoms with Crippen molar-refractivity contribution < 1.29 is 9.53 Å². The molecule has 0 saturated carbocycles. The van der Waals surface area contributed by atoms with Crippen molar-refractivity contribution in [3.05, 3.63) is 42.4 Å². The second kappa shape index (κ2) is 5.20. The fourth-order valence-corrected chi connectivity index (χ4v) is 2.03. The lowest BCUT2D eigenvalue weighted by Crippen LogP contribution is -2.08. The molecule has 0 aliphatic carbocycles. The van der Waals surface area contributed by atoms with E-state index >= 15 is 0 Å². The van der Waals surface area contributed by atoms with Crippen molar-refractivity contribution in [1.82, 2.24) is 19.7 Å². The van der Waals surface area contributed by atoms with Crippen LogP contribution in [-0.2, 0) is 4.74 Å². The van der Waals surface area contributed by atoms with Crippen molar-refractivity contribution in [2.75, 3.05) is 12.3 Å². The third kappa shape index (κ3) is 2.29. The number of ether oxygens (including phenoxy) is 1. The van der Waals surface area contributed by atoms with Crippen LogP contribution in [0.2, 0.25) is 0 Å². The number of carbonyl (C=O) groups is 1. The van der Waals surface area contributed by atoms with Gasteiger partial charge in [-0.05, 0) is 19.1 Å². The Labute approximate surface area is 120 Å². The molecule has 7 nitrogen and oxygen atoms in total. The fourth-order valence-electron chi connectivity index (χ4n) is 2.03. The van der Waals surface area contributed by atoms with Gasteiger partial charge in [-0.15, -0.1) is 0 Å². The van der Waals surface area contributed by atoms with E-state index in [9.17, 15) is 4.79 Å². The van der Waals surface area contributed by atoms with E-state index in [-0.39, 0.29) is 12.3 Å². The highest BCUT2D eigenvalue weighted by atomic mass is 16.5. The molecule has 3 aromatic rings. The average molecular weight is 283 g/mol. The highest BCUT2D eigenvalue weighted by molar-refractivity contribution is 5.89. The maximum absolute atomic E-state index is 11.7. The lowest BCUT2D eigenvalue weighted by molar-refractivity contribution is 0.0519. The summed E-state index contributed by atoms with van der Waals surface area (Å²) in [4.78, 5) is 20.1. The minimum atomic E-state index is -0.513. The number of hydrogen-bond acceptors (Lipinski definition) is 6. The summed E-state index contributed by atoms with van der Waals surface area (Å²) in [7, 11) is 0. The van der Waals surface area contributed by atoms with Crippen molar-refractivity contribution >= 4 is 22.7 Å². The summed E-state index contributed by atoms with van der Waals surface area (Å²) in [5, 5.41) is 4.97. The van der Waals surface area contributed by atoms with Gasteiger partial charge in [-0.3, -0.25) is 0 Å². The number of fused-ring (bicyclic) bond motifs is 1. The molecule has 0 spiro atoms. The zero-order valence-corrected chi connectivity index (χ0v) is 11.4. The monoisotopic (exact) mass is 283 g/mol. The van der Waals surface area contributed by atoms with E-state index in [2.05, 4.69) is 15.1 Å². The van der Waals surface area contributed by atoms with Crippen molar-refractivity contribution in [1.29, 1.82) is 0 Å². The molecule has 2 N–H and O–H groups in total. The van der Waals surface area contributed by atoms with Gasteiger partial charge in [0.15, 0.2) is 11.5 Å². The molecule has 0 amide bonds. The Morgan fingerprint density at radius 2 is 2.14 bits per heavy atom. The van der Waals surface area contributed by atoms with Gasteiger partial charge in [0, 0.05) is 11.5 Å². The topological polar surface area (TPSA) is 95.9 Å². The number of nitrogens with zero attached hydrogens (tertiary/aromatic N) is 4. The number of anilines is 1. The van der Waals surface area contributed by atoms with Crippen LogP contribution in [0.1, 0.15) is 17.4 Å². The van der Waals surface area contributed by atoms with Crippen LogP contribution in [0, 0.1) is 0 Å². The van der Waals surface area contributed by atoms with Crippen molar-refractivity contribution in [3.63, 3.8) is 0 Å². The quantitative estimate of drug-likeness (QED) is 0.733. The molecule has 2 aromatic heterocycles. The van der Waals surface area contributed by atoms with E-state index in [0.717, 1.165) is 10.9 Å². The predicted octanol–water partition coefficient (Wildman–Crippen LogP) is 1.57. The van der Waals surface area contributed by atoms with Crippen LogP contribution in [0.4, 0.5) is 5.82 Å². The Bertz CT molecular complexity index is 807. The minimum absolute atomic E-state index is 0.150. The molecule has 2 heterocycles. The molecule has 0 aliphatic rings. The average Bonchev–Trinajstić information content (AvgIpc) is 2.89. The smallest absolute Gasteiger partial charge is 0.358 e. The second-order valence-electron chi connectivity index (χ2n) is 4.30. The predicted molar refractivity (Wildman–Crippen MR) is 77.0 cm³/mol. The van der Waals surface area contributed by atoms with Gasteiger partial charge in [0.25, 0.3) is 0 Å². The number of nitrogen functional groups attached to an aromatic ring is 1. The molecule has 0 aliphatic heterocycles. The van der Waals surface area contributed by atoms with Crippen LogP contribution < -0.4 is 5.73 Å². The second-order valence-corrected chi connectivity index (χ2v) is 4.30. The molecule has 21 heavy (non-hydrogen) atoms. The first-order chi connectivity index (χ1) is 10.2. The van der Waals surface area contributed by atoms with E-state index in [1.165, 1.54) is 17.1 Å². The standard InChI is InChI=1S/C14H13N5O2/c1-2-21-14(20)11-7-12(15)19(18-11)13-9-5-3-4-6-10(9)16-8-17-13/h3-8H,2,15H2,1H3. The maximum Gasteiger partial charge on any atom is 0.358 e. The Morgan fingerprint density at radius 1 is 1.33 bits per heavy atom. The van der Waals surface area contributed by atoms with Gasteiger partial charge in [-0.25, -0.2) is 14.8 Å². The molecule has 0 saturated heterocycles. The number of carbonyl (C=O) groups excluding carboxylic acids is 1. The number of rotatable bonds is 3. The lowest BCUT2D eigenvalue weighted by atomic mass is 10.2. The summed E-state index contributed by atoms with van der Waals surface area (Å²) in [5.74, 6) is 0.317. The molecule has 3 rings (SSSR count). The first kappa shape index (κ1) is 13.0. The molecule has 0 unspecified atom stereocenters. The van der Waals surface area contributed by atoms with E-state index in [1.54, 1.807) is 6.92 Å². The highest BCUT2D eigenvalue weighted by Crippen LogP contribution is 2.20. The number of nitrogens with two attached hydrogens (primary N) is 1. The van der Waals surface area contributed by atoms with Gasteiger partial charge in [0.05, 0.1) is 12.1 Å². The first-order valence-electron chi connectivity index (χ1n) is 6.43. The number of para-hydroxylation sites is 1. The Balaban J connectivity index is 2.13. The largest absolute Gasteiger partial charge is 0.461 e. The first-order valence-corrected chi connectivity index (χ1v) is 6.43. The Kier molecular flexibility index (Phi) is 3.23. The van der Waals surface area contributed by atoms with Crippen LogP contribution in [0.15, 0.2) is 36.7 Å². The van der Waals surface area contributed by atoms with Crippen molar-refractivity contribution in [2.45, 2.75) is 6.92 Å². The van der Waals surface area contributed by atoms with Crippen LogP contribution in [0.3, 0.4) is 0 Å². The highest BCUT2D eigenvalue weighted by Gasteiger charge is 2.16. The van der Waals surface area contributed by atoms with Crippen LogP contribution in [0.5, 0.6) is 0 Å². The van der Waals surface area contributed by atoms with Gasteiger partial charge in [-0.1, -0.05) is 12.1 Å². The van der Waals surface area contributed by atoms with E-state index in [4.69, 9.17) is 10.5 Å². The molecule has 1 aromatic carbocycles. The van der Waals surface area contributed by atoms with Gasteiger partial charge in [-0.2, -0.15) is 9.78 Å². The summed E-state index contributed by atoms with van der Waals surface area (Å²) < 4.78 is 6.33. The summed E-state index contributed by atoms with van der Waals surface area (Å²) in [6.07, 6.45) is 1.43. The van der Waals surface area contributed by atoms with Crippen LogP contribution in [0.25, 0.3) is 16.7 Å². The van der Waals surface area contributed by atoms with Gasteiger partial charge < -0.3 is 10.5 Å². The molecule has 0 bridgehead atoms. The SMILES string of the molecule is CCOC(=O)c1cc(N)n(-c2ncnc3ccccc23)n1. The molecule has 106 valence electrons. The van der Waals surface area contributed by atoms with Crippen molar-refractivity contribution in [2.24, 2.45) is 0 Å². The molecule has 0 fully saturated rings. The zero-order valence-electron chi connectivity index (χ0n) is 11.4. The molecular formula is C14H13N5O2. The Hall–Kier alpha value is -2.96. The number of aromatic nitrogens is 4. The van der Waals surface area contributed by atoms with Gasteiger partial charge >= 0.3 is 5.97 Å². The van der Waals surface area contributed by atoms with E-state index in [0.29, 0.717) is 11.6 Å². The molecule has 0 radical (unpaired) electrons. The number of esters is 1.